The molecule has 0 saturated heterocycles. The summed E-state index contributed by atoms with van der Waals surface area (Å²) in [7, 11) is 0. The summed E-state index contributed by atoms with van der Waals surface area (Å²) in [6, 6.07) is 5.83. The number of carbonyl (C=O) groups excluding carboxylic acids is 2. The lowest BCUT2D eigenvalue weighted by atomic mass is 10.1. The summed E-state index contributed by atoms with van der Waals surface area (Å²) in [4.78, 5) is 33.8. The number of nitro groups is 1. The van der Waals surface area contributed by atoms with Crippen molar-refractivity contribution in [3.05, 3.63) is 34.4 Å². The standard InChI is InChI=1S/C14H19N3O5/c1-4-22-13(19)14(2,3)15-9-12(18)16-10-7-5-6-8-11(10)17(20)21/h5-8,15H,4,9H2,1-3H3,(H,16,18). The van der Waals surface area contributed by atoms with Crippen LogP contribution in [-0.2, 0) is 14.3 Å². The van der Waals surface area contributed by atoms with Crippen LogP contribution in [0.2, 0.25) is 0 Å². The van der Waals surface area contributed by atoms with Crippen LogP contribution >= 0.6 is 0 Å². The van der Waals surface area contributed by atoms with Crippen molar-refractivity contribution in [2.75, 3.05) is 18.5 Å². The molecule has 22 heavy (non-hydrogen) atoms. The molecule has 0 saturated carbocycles. The van der Waals surface area contributed by atoms with Crippen LogP contribution in [0.5, 0.6) is 0 Å². The molecule has 0 radical (unpaired) electrons. The molecule has 1 aromatic carbocycles. The minimum Gasteiger partial charge on any atom is -0.465 e. The molecule has 1 amide bonds. The maximum atomic E-state index is 11.9. The van der Waals surface area contributed by atoms with Crippen molar-refractivity contribution in [2.45, 2.75) is 26.3 Å². The van der Waals surface area contributed by atoms with Gasteiger partial charge < -0.3 is 10.1 Å². The van der Waals surface area contributed by atoms with E-state index < -0.39 is 22.3 Å². The first-order chi connectivity index (χ1) is 10.3. The number of hydrogen-bond acceptors (Lipinski definition) is 6. The average molecular weight is 309 g/mol. The molecule has 0 heterocycles. The Morgan fingerprint density at radius 2 is 1.95 bits per heavy atom. The van der Waals surface area contributed by atoms with Gasteiger partial charge in [0, 0.05) is 6.07 Å². The molecule has 0 aliphatic rings. The second-order valence-electron chi connectivity index (χ2n) is 5.02. The summed E-state index contributed by atoms with van der Waals surface area (Å²) in [5, 5.41) is 16.1. The summed E-state index contributed by atoms with van der Waals surface area (Å²) in [5.74, 6) is -0.972. The topological polar surface area (TPSA) is 111 Å². The van der Waals surface area contributed by atoms with E-state index in [1.165, 1.54) is 18.2 Å². The Kier molecular flexibility index (Phi) is 6.00. The smallest absolute Gasteiger partial charge is 0.325 e. The minimum atomic E-state index is -1.03. The molecule has 0 atom stereocenters. The van der Waals surface area contributed by atoms with Gasteiger partial charge in [-0.25, -0.2) is 0 Å². The van der Waals surface area contributed by atoms with Gasteiger partial charge in [0.1, 0.15) is 11.2 Å². The van der Waals surface area contributed by atoms with Gasteiger partial charge >= 0.3 is 5.97 Å². The van der Waals surface area contributed by atoms with Crippen molar-refractivity contribution in [1.82, 2.24) is 5.32 Å². The first-order valence-electron chi connectivity index (χ1n) is 6.73. The van der Waals surface area contributed by atoms with E-state index in [2.05, 4.69) is 10.6 Å². The van der Waals surface area contributed by atoms with Crippen molar-refractivity contribution in [2.24, 2.45) is 0 Å². The van der Waals surface area contributed by atoms with Crippen LogP contribution in [0, 0.1) is 10.1 Å². The van der Waals surface area contributed by atoms with E-state index in [0.29, 0.717) is 0 Å². The van der Waals surface area contributed by atoms with Crippen molar-refractivity contribution in [3.8, 4) is 0 Å². The lowest BCUT2D eigenvalue weighted by molar-refractivity contribution is -0.383. The third-order valence-electron chi connectivity index (χ3n) is 2.85. The SMILES string of the molecule is CCOC(=O)C(C)(C)NCC(=O)Nc1ccccc1[N+](=O)[O-]. The summed E-state index contributed by atoms with van der Waals surface area (Å²) >= 11 is 0. The molecule has 1 aromatic rings. The van der Waals surface area contributed by atoms with Crippen LogP contribution in [0.15, 0.2) is 24.3 Å². The van der Waals surface area contributed by atoms with Crippen LogP contribution in [0.1, 0.15) is 20.8 Å². The minimum absolute atomic E-state index is 0.105. The molecule has 0 spiro atoms. The summed E-state index contributed by atoms with van der Waals surface area (Å²) < 4.78 is 4.89. The molecule has 0 unspecified atom stereocenters. The van der Waals surface area contributed by atoms with Gasteiger partial charge in [-0.2, -0.15) is 0 Å². The Morgan fingerprint density at radius 1 is 1.32 bits per heavy atom. The van der Waals surface area contributed by atoms with E-state index >= 15 is 0 Å². The third kappa shape index (κ3) is 4.81. The molecule has 8 heteroatoms. The molecule has 0 aromatic heterocycles. The van der Waals surface area contributed by atoms with E-state index in [-0.39, 0.29) is 24.5 Å². The number of carbonyl (C=O) groups is 2. The molecule has 1 rings (SSSR count). The summed E-state index contributed by atoms with van der Waals surface area (Å²) in [6.45, 7) is 4.92. The molecule has 8 nitrogen and oxygen atoms in total. The van der Waals surface area contributed by atoms with Gasteiger partial charge in [0.2, 0.25) is 5.91 Å². The number of esters is 1. The number of amides is 1. The molecule has 0 aliphatic carbocycles. The fourth-order valence-electron chi connectivity index (χ4n) is 1.62. The highest BCUT2D eigenvalue weighted by Crippen LogP contribution is 2.22. The number of ether oxygens (including phenoxy) is 1. The zero-order valence-corrected chi connectivity index (χ0v) is 12.7. The lowest BCUT2D eigenvalue weighted by Crippen LogP contribution is -2.50. The van der Waals surface area contributed by atoms with Crippen molar-refractivity contribution < 1.29 is 19.2 Å². The monoisotopic (exact) mass is 309 g/mol. The van der Waals surface area contributed by atoms with Gasteiger partial charge in [0.25, 0.3) is 5.69 Å². The third-order valence-corrected chi connectivity index (χ3v) is 2.85. The number of nitro benzene ring substituents is 1. The van der Waals surface area contributed by atoms with Crippen molar-refractivity contribution >= 4 is 23.3 Å². The van der Waals surface area contributed by atoms with Crippen molar-refractivity contribution in [3.63, 3.8) is 0 Å². The number of benzene rings is 1. The number of nitrogens with one attached hydrogen (secondary N) is 2. The Hall–Kier alpha value is -2.48. The predicted octanol–water partition coefficient (Wildman–Crippen LogP) is 1.46. The van der Waals surface area contributed by atoms with Gasteiger partial charge in [-0.3, -0.25) is 25.0 Å². The van der Waals surface area contributed by atoms with Crippen LogP contribution < -0.4 is 10.6 Å². The zero-order valence-electron chi connectivity index (χ0n) is 12.7. The molecule has 2 N–H and O–H groups in total. The Morgan fingerprint density at radius 3 is 2.55 bits per heavy atom. The Labute approximate surface area is 128 Å². The molecular weight excluding hydrogens is 290 g/mol. The van der Waals surface area contributed by atoms with E-state index in [4.69, 9.17) is 4.74 Å². The first-order valence-corrected chi connectivity index (χ1v) is 6.73. The molecular formula is C14H19N3O5. The van der Waals surface area contributed by atoms with Gasteiger partial charge in [0.15, 0.2) is 0 Å². The average Bonchev–Trinajstić information content (AvgIpc) is 2.46. The van der Waals surface area contributed by atoms with Gasteiger partial charge in [0.05, 0.1) is 18.1 Å². The number of rotatable bonds is 7. The van der Waals surface area contributed by atoms with E-state index in [1.54, 1.807) is 26.8 Å². The van der Waals surface area contributed by atoms with Crippen LogP contribution in [0.25, 0.3) is 0 Å². The first kappa shape index (κ1) is 17.6. The molecule has 0 aliphatic heterocycles. The van der Waals surface area contributed by atoms with Gasteiger partial charge in [-0.05, 0) is 26.8 Å². The fraction of sp³-hybridized carbons (Fsp3) is 0.429. The van der Waals surface area contributed by atoms with Gasteiger partial charge in [-0.1, -0.05) is 12.1 Å². The van der Waals surface area contributed by atoms with Gasteiger partial charge in [-0.15, -0.1) is 0 Å². The van der Waals surface area contributed by atoms with E-state index in [0.717, 1.165) is 0 Å². The predicted molar refractivity (Wildman–Crippen MR) is 80.4 cm³/mol. The highest BCUT2D eigenvalue weighted by atomic mass is 16.6. The Bertz CT molecular complexity index is 571. The molecule has 0 fully saturated rings. The van der Waals surface area contributed by atoms with Crippen molar-refractivity contribution in [1.29, 1.82) is 0 Å². The number of anilines is 1. The highest BCUT2D eigenvalue weighted by Gasteiger charge is 2.29. The summed E-state index contributed by atoms with van der Waals surface area (Å²) in [5.41, 5.74) is -1.12. The lowest BCUT2D eigenvalue weighted by Gasteiger charge is -2.23. The maximum absolute atomic E-state index is 11.9. The quantitative estimate of drug-likeness (QED) is 0.448. The normalized spacial score (nSPS) is 10.9. The van der Waals surface area contributed by atoms with E-state index in [1.807, 2.05) is 0 Å². The highest BCUT2D eigenvalue weighted by molar-refractivity contribution is 5.94. The van der Waals surface area contributed by atoms with Crippen LogP contribution in [0.3, 0.4) is 0 Å². The largest absolute Gasteiger partial charge is 0.465 e. The molecule has 0 bridgehead atoms. The number of nitrogens with zero attached hydrogens (tertiary/aromatic N) is 1. The zero-order chi connectivity index (χ0) is 16.8. The van der Waals surface area contributed by atoms with E-state index in [9.17, 15) is 19.7 Å². The fourth-order valence-corrected chi connectivity index (χ4v) is 1.62. The second-order valence-corrected chi connectivity index (χ2v) is 5.02. The number of para-hydroxylation sites is 2. The Balaban J connectivity index is 2.65. The summed E-state index contributed by atoms with van der Waals surface area (Å²) in [6.07, 6.45) is 0. The van der Waals surface area contributed by atoms with Crippen LogP contribution in [-0.4, -0.2) is 35.5 Å². The second kappa shape index (κ2) is 7.51. The maximum Gasteiger partial charge on any atom is 0.325 e. The molecule has 120 valence electrons. The number of hydrogen-bond donors (Lipinski definition) is 2. The van der Waals surface area contributed by atoms with Crippen LogP contribution in [0.4, 0.5) is 11.4 Å².